The number of anilines is 2. The van der Waals surface area contributed by atoms with Crippen molar-refractivity contribution in [3.05, 3.63) is 18.3 Å². The Morgan fingerprint density at radius 1 is 1.21 bits per heavy atom. The molecule has 0 aliphatic carbocycles. The summed E-state index contributed by atoms with van der Waals surface area (Å²) >= 11 is 0. The van der Waals surface area contributed by atoms with E-state index in [1.54, 1.807) is 0 Å². The highest BCUT2D eigenvalue weighted by Crippen LogP contribution is 2.13. The Morgan fingerprint density at radius 3 is 2.36 bits per heavy atom. The largest absolute Gasteiger partial charge is 0.384 e. The van der Waals surface area contributed by atoms with E-state index in [-0.39, 0.29) is 0 Å². The van der Waals surface area contributed by atoms with Gasteiger partial charge in [-0.3, -0.25) is 0 Å². The summed E-state index contributed by atoms with van der Waals surface area (Å²) in [6.07, 6.45) is 1.89. The lowest BCUT2D eigenvalue weighted by Crippen LogP contribution is -2.22. The normalized spacial score (nSPS) is 9.93. The van der Waals surface area contributed by atoms with Crippen LogP contribution in [0.15, 0.2) is 18.3 Å². The van der Waals surface area contributed by atoms with Crippen LogP contribution in [0.2, 0.25) is 0 Å². The smallest absolute Gasteiger partial charge is 0.128 e. The Balaban J connectivity index is 2.71. The van der Waals surface area contributed by atoms with Gasteiger partial charge >= 0.3 is 0 Å². The van der Waals surface area contributed by atoms with Gasteiger partial charge < -0.3 is 10.2 Å². The summed E-state index contributed by atoms with van der Waals surface area (Å²) < 4.78 is 0. The Morgan fingerprint density at radius 2 is 1.93 bits per heavy atom. The van der Waals surface area contributed by atoms with Crippen LogP contribution in [-0.2, 0) is 0 Å². The molecule has 0 aliphatic rings. The number of rotatable bonds is 5. The molecule has 1 rings (SSSR count). The minimum absolute atomic E-state index is 0.937. The summed E-state index contributed by atoms with van der Waals surface area (Å²) in [5.41, 5.74) is 1.09. The van der Waals surface area contributed by atoms with Gasteiger partial charge in [0, 0.05) is 19.6 Å². The monoisotopic (exact) mass is 193 g/mol. The minimum atomic E-state index is 0.937. The molecule has 0 spiro atoms. The molecule has 78 valence electrons. The molecular weight excluding hydrogens is 174 g/mol. The highest BCUT2D eigenvalue weighted by Gasteiger charge is 2.01. The average Bonchev–Trinajstić information content (AvgIpc) is 2.23. The fourth-order valence-corrected chi connectivity index (χ4v) is 1.43. The van der Waals surface area contributed by atoms with Gasteiger partial charge in [-0.1, -0.05) is 0 Å². The quantitative estimate of drug-likeness (QED) is 0.778. The minimum Gasteiger partial charge on any atom is -0.384 e. The molecule has 1 heterocycles. The predicted molar refractivity (Wildman–Crippen MR) is 62.0 cm³/mol. The first kappa shape index (κ1) is 10.8. The van der Waals surface area contributed by atoms with E-state index in [2.05, 4.69) is 48.1 Å². The van der Waals surface area contributed by atoms with Crippen molar-refractivity contribution in [2.75, 3.05) is 29.9 Å². The third-order valence-electron chi connectivity index (χ3n) is 2.22. The SMILES string of the molecule is CCNc1ccc(N(CC)CC)nc1. The second-order valence-corrected chi connectivity index (χ2v) is 3.11. The van der Waals surface area contributed by atoms with Crippen LogP contribution in [0.1, 0.15) is 20.8 Å². The second kappa shape index (κ2) is 5.47. The number of aromatic nitrogens is 1. The number of nitrogens with zero attached hydrogens (tertiary/aromatic N) is 2. The Bertz CT molecular complexity index is 252. The second-order valence-electron chi connectivity index (χ2n) is 3.11. The zero-order valence-electron chi connectivity index (χ0n) is 9.25. The lowest BCUT2D eigenvalue weighted by Gasteiger charge is -2.19. The molecular formula is C11H19N3. The van der Waals surface area contributed by atoms with Crippen molar-refractivity contribution in [1.29, 1.82) is 0 Å². The first-order valence-corrected chi connectivity index (χ1v) is 5.26. The van der Waals surface area contributed by atoms with Crippen LogP contribution in [0.4, 0.5) is 11.5 Å². The fourth-order valence-electron chi connectivity index (χ4n) is 1.43. The fraction of sp³-hybridized carbons (Fsp3) is 0.545. The van der Waals surface area contributed by atoms with Crippen molar-refractivity contribution in [2.24, 2.45) is 0 Å². The van der Waals surface area contributed by atoms with Gasteiger partial charge in [-0.25, -0.2) is 4.98 Å². The Labute approximate surface area is 86.2 Å². The number of hydrogen-bond acceptors (Lipinski definition) is 3. The van der Waals surface area contributed by atoms with Crippen molar-refractivity contribution in [1.82, 2.24) is 4.98 Å². The van der Waals surface area contributed by atoms with Crippen molar-refractivity contribution >= 4 is 11.5 Å². The van der Waals surface area contributed by atoms with Crippen LogP contribution >= 0.6 is 0 Å². The molecule has 1 aromatic rings. The average molecular weight is 193 g/mol. The van der Waals surface area contributed by atoms with E-state index in [1.165, 1.54) is 0 Å². The lowest BCUT2D eigenvalue weighted by atomic mass is 10.3. The maximum Gasteiger partial charge on any atom is 0.128 e. The molecule has 0 unspecified atom stereocenters. The lowest BCUT2D eigenvalue weighted by molar-refractivity contribution is 0.846. The third-order valence-corrected chi connectivity index (χ3v) is 2.22. The van der Waals surface area contributed by atoms with Crippen LogP contribution in [0, 0.1) is 0 Å². The maximum atomic E-state index is 4.40. The number of pyridine rings is 1. The molecule has 0 saturated carbocycles. The zero-order valence-corrected chi connectivity index (χ0v) is 9.25. The maximum absolute atomic E-state index is 4.40. The Hall–Kier alpha value is -1.25. The van der Waals surface area contributed by atoms with E-state index in [1.807, 2.05) is 6.20 Å². The molecule has 1 N–H and O–H groups in total. The van der Waals surface area contributed by atoms with Crippen molar-refractivity contribution < 1.29 is 0 Å². The molecule has 1 aromatic heterocycles. The Kier molecular flexibility index (Phi) is 4.23. The first-order chi connectivity index (χ1) is 6.81. The van der Waals surface area contributed by atoms with Crippen LogP contribution in [0.25, 0.3) is 0 Å². The highest BCUT2D eigenvalue weighted by molar-refractivity contribution is 5.48. The topological polar surface area (TPSA) is 28.2 Å². The standard InChI is InChI=1S/C11H19N3/c1-4-12-10-7-8-11(13-9-10)14(5-2)6-3/h7-9,12H,4-6H2,1-3H3. The number of nitrogens with one attached hydrogen (secondary N) is 1. The van der Waals surface area contributed by atoms with E-state index >= 15 is 0 Å². The molecule has 0 bridgehead atoms. The highest BCUT2D eigenvalue weighted by atomic mass is 15.2. The first-order valence-electron chi connectivity index (χ1n) is 5.26. The molecule has 0 amide bonds. The van der Waals surface area contributed by atoms with Crippen LogP contribution in [-0.4, -0.2) is 24.6 Å². The van der Waals surface area contributed by atoms with E-state index in [0.717, 1.165) is 31.1 Å². The van der Waals surface area contributed by atoms with Gasteiger partial charge in [0.25, 0.3) is 0 Å². The molecule has 0 aromatic carbocycles. The third kappa shape index (κ3) is 2.62. The summed E-state index contributed by atoms with van der Waals surface area (Å²) in [6, 6.07) is 4.13. The summed E-state index contributed by atoms with van der Waals surface area (Å²) in [5.74, 6) is 1.05. The molecule has 0 aliphatic heterocycles. The van der Waals surface area contributed by atoms with Crippen LogP contribution < -0.4 is 10.2 Å². The van der Waals surface area contributed by atoms with Crippen molar-refractivity contribution in [3.8, 4) is 0 Å². The summed E-state index contributed by atoms with van der Waals surface area (Å²) in [4.78, 5) is 6.63. The number of hydrogen-bond donors (Lipinski definition) is 1. The van der Waals surface area contributed by atoms with Crippen LogP contribution in [0.5, 0.6) is 0 Å². The van der Waals surface area contributed by atoms with Gasteiger partial charge in [-0.2, -0.15) is 0 Å². The molecule has 0 saturated heterocycles. The van der Waals surface area contributed by atoms with Crippen molar-refractivity contribution in [2.45, 2.75) is 20.8 Å². The molecule has 0 atom stereocenters. The van der Waals surface area contributed by atoms with Gasteiger partial charge in [0.15, 0.2) is 0 Å². The van der Waals surface area contributed by atoms with E-state index in [0.29, 0.717) is 0 Å². The molecule has 3 heteroatoms. The summed E-state index contributed by atoms with van der Waals surface area (Å²) in [5, 5.41) is 3.23. The van der Waals surface area contributed by atoms with Gasteiger partial charge in [-0.15, -0.1) is 0 Å². The van der Waals surface area contributed by atoms with Gasteiger partial charge in [0.2, 0.25) is 0 Å². The van der Waals surface area contributed by atoms with E-state index < -0.39 is 0 Å². The summed E-state index contributed by atoms with van der Waals surface area (Å²) in [6.45, 7) is 9.31. The molecule has 0 radical (unpaired) electrons. The molecule has 14 heavy (non-hydrogen) atoms. The molecule has 0 fully saturated rings. The van der Waals surface area contributed by atoms with Crippen molar-refractivity contribution in [3.63, 3.8) is 0 Å². The summed E-state index contributed by atoms with van der Waals surface area (Å²) in [7, 11) is 0. The van der Waals surface area contributed by atoms with E-state index in [9.17, 15) is 0 Å². The predicted octanol–water partition coefficient (Wildman–Crippen LogP) is 2.36. The van der Waals surface area contributed by atoms with Crippen LogP contribution in [0.3, 0.4) is 0 Å². The van der Waals surface area contributed by atoms with Gasteiger partial charge in [0.1, 0.15) is 5.82 Å². The van der Waals surface area contributed by atoms with E-state index in [4.69, 9.17) is 0 Å². The zero-order chi connectivity index (χ0) is 10.4. The van der Waals surface area contributed by atoms with Gasteiger partial charge in [0.05, 0.1) is 11.9 Å². The van der Waals surface area contributed by atoms with Gasteiger partial charge in [-0.05, 0) is 32.9 Å². The molecule has 3 nitrogen and oxygen atoms in total.